The van der Waals surface area contributed by atoms with E-state index in [1.54, 1.807) is 36.0 Å². The summed E-state index contributed by atoms with van der Waals surface area (Å²) in [7, 11) is 0. The van der Waals surface area contributed by atoms with Gasteiger partial charge in [0.15, 0.2) is 0 Å². The summed E-state index contributed by atoms with van der Waals surface area (Å²) < 4.78 is 5.16. The molecule has 0 aromatic heterocycles. The fourth-order valence-electron chi connectivity index (χ4n) is 1.86. The minimum absolute atomic E-state index is 0.219. The highest BCUT2D eigenvalue weighted by atomic mass is 32.2. The van der Waals surface area contributed by atoms with Crippen LogP contribution in [0.1, 0.15) is 18.4 Å². The van der Waals surface area contributed by atoms with Crippen molar-refractivity contribution in [3.8, 4) is 5.75 Å². The Kier molecular flexibility index (Phi) is 13.1. The van der Waals surface area contributed by atoms with Gasteiger partial charge in [-0.3, -0.25) is 14.4 Å². The van der Waals surface area contributed by atoms with Crippen molar-refractivity contribution in [1.29, 1.82) is 0 Å². The SMILES string of the molecule is CSCCC(N)C(=O)Oc1ccc(CC(N)C(=O)O)cc1.NC(CC(=O)O)C(=O)O. The fourth-order valence-corrected chi connectivity index (χ4v) is 2.35. The van der Waals surface area contributed by atoms with E-state index in [2.05, 4.69) is 0 Å². The number of hydrogen-bond donors (Lipinski definition) is 6. The standard InChI is InChI=1S/C14H20N2O4S.C4H7NO4/c1-21-7-6-11(15)14(19)20-10-4-2-9(3-5-10)8-12(16)13(17)18;5-2(4(8)9)1-3(6)7/h2-5,11-12H,6-8,15-16H2,1H3,(H,17,18);2H,1,5H2,(H,6,7)(H,8,9). The normalized spacial score (nSPS) is 13.2. The molecule has 0 spiro atoms. The van der Waals surface area contributed by atoms with Crippen LogP contribution in [0.25, 0.3) is 0 Å². The first-order valence-electron chi connectivity index (χ1n) is 8.71. The first-order valence-corrected chi connectivity index (χ1v) is 10.1. The fraction of sp³-hybridized carbons (Fsp3) is 0.444. The van der Waals surface area contributed by atoms with E-state index < -0.39 is 48.4 Å². The van der Waals surface area contributed by atoms with E-state index in [1.807, 2.05) is 6.26 Å². The minimum atomic E-state index is -1.29. The summed E-state index contributed by atoms with van der Waals surface area (Å²) in [5, 5.41) is 24.8. The van der Waals surface area contributed by atoms with Crippen molar-refractivity contribution >= 4 is 35.6 Å². The molecule has 1 rings (SSSR count). The Bertz CT molecular complexity index is 714. The zero-order valence-electron chi connectivity index (χ0n) is 16.4. The second-order valence-electron chi connectivity index (χ2n) is 6.14. The third-order valence-electron chi connectivity index (χ3n) is 3.56. The molecule has 0 bridgehead atoms. The number of ether oxygens (including phenoxy) is 1. The molecule has 0 saturated carbocycles. The molecule has 9 N–H and O–H groups in total. The Morgan fingerprint density at radius 3 is 1.87 bits per heavy atom. The number of esters is 1. The second kappa shape index (κ2) is 14.3. The summed E-state index contributed by atoms with van der Waals surface area (Å²) >= 11 is 1.62. The van der Waals surface area contributed by atoms with Crippen LogP contribution in [0.5, 0.6) is 5.75 Å². The van der Waals surface area contributed by atoms with Gasteiger partial charge in [-0.2, -0.15) is 11.8 Å². The molecule has 0 heterocycles. The van der Waals surface area contributed by atoms with Gasteiger partial charge in [-0.25, -0.2) is 4.79 Å². The van der Waals surface area contributed by atoms with Crippen molar-refractivity contribution in [1.82, 2.24) is 0 Å². The van der Waals surface area contributed by atoms with Crippen molar-refractivity contribution in [2.45, 2.75) is 37.4 Å². The molecule has 1 aromatic rings. The van der Waals surface area contributed by atoms with E-state index in [0.717, 1.165) is 11.3 Å². The maximum atomic E-state index is 11.7. The number of carbonyl (C=O) groups excluding carboxylic acids is 1. The zero-order valence-corrected chi connectivity index (χ0v) is 17.2. The van der Waals surface area contributed by atoms with E-state index in [1.165, 1.54) is 0 Å². The molecule has 0 radical (unpaired) electrons. The molecule has 0 aliphatic rings. The number of hydrogen-bond acceptors (Lipinski definition) is 9. The number of carboxylic acid groups (broad SMARTS) is 3. The Morgan fingerprint density at radius 2 is 1.47 bits per heavy atom. The molecule has 168 valence electrons. The highest BCUT2D eigenvalue weighted by Gasteiger charge is 2.16. The predicted molar refractivity (Wildman–Crippen MR) is 110 cm³/mol. The summed E-state index contributed by atoms with van der Waals surface area (Å²) in [6, 6.07) is 3.68. The van der Waals surface area contributed by atoms with Crippen LogP contribution in [0.3, 0.4) is 0 Å². The molecule has 3 atom stereocenters. The van der Waals surface area contributed by atoms with Gasteiger partial charge in [-0.05, 0) is 42.5 Å². The van der Waals surface area contributed by atoms with E-state index in [9.17, 15) is 19.2 Å². The first kappa shape index (κ1) is 27.3. The minimum Gasteiger partial charge on any atom is -0.481 e. The van der Waals surface area contributed by atoms with E-state index in [4.69, 9.17) is 37.3 Å². The molecule has 0 aliphatic heterocycles. The number of thioether (sulfide) groups is 1. The predicted octanol–water partition coefficient (Wildman–Crippen LogP) is -0.500. The average Bonchev–Trinajstić information content (AvgIpc) is 2.67. The lowest BCUT2D eigenvalue weighted by Crippen LogP contribution is -2.34. The van der Waals surface area contributed by atoms with E-state index in [-0.39, 0.29) is 6.42 Å². The maximum absolute atomic E-state index is 11.7. The van der Waals surface area contributed by atoms with Crippen molar-refractivity contribution < 1.29 is 39.2 Å². The molecule has 30 heavy (non-hydrogen) atoms. The second-order valence-corrected chi connectivity index (χ2v) is 7.13. The number of rotatable bonds is 11. The summed E-state index contributed by atoms with van der Waals surface area (Å²) in [6.07, 6.45) is 2.19. The average molecular weight is 445 g/mol. The van der Waals surface area contributed by atoms with Crippen LogP contribution in [0.4, 0.5) is 0 Å². The van der Waals surface area contributed by atoms with Gasteiger partial charge < -0.3 is 37.3 Å². The van der Waals surface area contributed by atoms with Gasteiger partial charge in [-0.1, -0.05) is 12.1 Å². The Hall–Kier alpha value is -2.67. The van der Waals surface area contributed by atoms with Crippen molar-refractivity contribution in [3.05, 3.63) is 29.8 Å². The molecule has 0 saturated heterocycles. The smallest absolute Gasteiger partial charge is 0.328 e. The van der Waals surface area contributed by atoms with Crippen LogP contribution in [-0.2, 0) is 25.6 Å². The van der Waals surface area contributed by atoms with E-state index >= 15 is 0 Å². The number of benzene rings is 1. The van der Waals surface area contributed by atoms with Gasteiger partial charge in [0.2, 0.25) is 0 Å². The summed E-state index contributed by atoms with van der Waals surface area (Å²) in [5.41, 5.74) is 16.8. The molecule has 11 nitrogen and oxygen atoms in total. The molecule has 0 fully saturated rings. The highest BCUT2D eigenvalue weighted by Crippen LogP contribution is 2.14. The topological polar surface area (TPSA) is 216 Å². The number of nitrogens with two attached hydrogens (primary N) is 3. The van der Waals surface area contributed by atoms with Crippen LogP contribution in [0, 0.1) is 0 Å². The molecule has 3 unspecified atom stereocenters. The van der Waals surface area contributed by atoms with Crippen molar-refractivity contribution in [2.24, 2.45) is 17.2 Å². The van der Waals surface area contributed by atoms with Gasteiger partial charge in [-0.15, -0.1) is 0 Å². The van der Waals surface area contributed by atoms with Crippen LogP contribution < -0.4 is 21.9 Å². The molecule has 1 aromatic carbocycles. The molecular weight excluding hydrogens is 418 g/mol. The maximum Gasteiger partial charge on any atom is 0.328 e. The van der Waals surface area contributed by atoms with Gasteiger partial charge in [0.1, 0.15) is 23.9 Å². The largest absolute Gasteiger partial charge is 0.481 e. The lowest BCUT2D eigenvalue weighted by molar-refractivity contribution is -0.144. The van der Waals surface area contributed by atoms with Gasteiger partial charge in [0.25, 0.3) is 0 Å². The van der Waals surface area contributed by atoms with Gasteiger partial charge >= 0.3 is 23.9 Å². The number of carbonyl (C=O) groups is 4. The first-order chi connectivity index (χ1) is 14.0. The lowest BCUT2D eigenvalue weighted by atomic mass is 10.1. The van der Waals surface area contributed by atoms with Gasteiger partial charge in [0.05, 0.1) is 6.42 Å². The van der Waals surface area contributed by atoms with Crippen molar-refractivity contribution in [2.75, 3.05) is 12.0 Å². The van der Waals surface area contributed by atoms with Crippen LogP contribution >= 0.6 is 11.8 Å². The third-order valence-corrected chi connectivity index (χ3v) is 4.21. The summed E-state index contributed by atoms with van der Waals surface area (Å²) in [6.45, 7) is 0. The lowest BCUT2D eigenvalue weighted by Gasteiger charge is -2.11. The number of aliphatic carboxylic acids is 3. The molecule has 12 heteroatoms. The highest BCUT2D eigenvalue weighted by molar-refractivity contribution is 7.98. The summed E-state index contributed by atoms with van der Waals surface area (Å²) in [5.74, 6) is -2.85. The zero-order chi connectivity index (χ0) is 23.3. The Balaban J connectivity index is 0.000000787. The summed E-state index contributed by atoms with van der Waals surface area (Å²) in [4.78, 5) is 42.0. The molecule has 0 amide bonds. The quantitative estimate of drug-likeness (QED) is 0.188. The third kappa shape index (κ3) is 12.0. The van der Waals surface area contributed by atoms with Gasteiger partial charge in [0, 0.05) is 0 Å². The Morgan fingerprint density at radius 1 is 0.933 bits per heavy atom. The van der Waals surface area contributed by atoms with Crippen LogP contribution in [0.2, 0.25) is 0 Å². The number of carboxylic acids is 3. The Labute approximate surface area is 177 Å². The van der Waals surface area contributed by atoms with Crippen LogP contribution in [0.15, 0.2) is 24.3 Å². The molecular formula is C18H27N3O8S. The monoisotopic (exact) mass is 445 g/mol. The van der Waals surface area contributed by atoms with Crippen molar-refractivity contribution in [3.63, 3.8) is 0 Å². The van der Waals surface area contributed by atoms with E-state index in [0.29, 0.717) is 12.2 Å². The molecule has 0 aliphatic carbocycles. The van der Waals surface area contributed by atoms with Crippen LogP contribution in [-0.4, -0.2) is 69.3 Å².